The fourth-order valence-corrected chi connectivity index (χ4v) is 19.2. The topological polar surface area (TPSA) is 4.93 Å². The molecule has 0 amide bonds. The Hall–Kier alpha value is -2.08. The zero-order valence-corrected chi connectivity index (χ0v) is 18.5. The predicted octanol–water partition coefficient (Wildman–Crippen LogP) is 4.02. The van der Waals surface area contributed by atoms with Crippen molar-refractivity contribution in [2.45, 2.75) is 0 Å². The second-order valence-electron chi connectivity index (χ2n) is 6.24. The first-order valence-electron chi connectivity index (χ1n) is 8.83. The van der Waals surface area contributed by atoms with E-state index in [1.165, 1.54) is 13.2 Å². The Morgan fingerprint density at radius 2 is 0.963 bits per heavy atom. The Morgan fingerprint density at radius 1 is 0.593 bits per heavy atom. The quantitative estimate of drug-likeness (QED) is 0.345. The number of aromatic nitrogens is 1. The molecule has 0 N–H and O–H groups in total. The van der Waals surface area contributed by atoms with E-state index >= 15 is 0 Å². The summed E-state index contributed by atoms with van der Waals surface area (Å²) in [6.07, 6.45) is 4.06. The van der Waals surface area contributed by atoms with Gasteiger partial charge in [0, 0.05) is 0 Å². The summed E-state index contributed by atoms with van der Waals surface area (Å²) in [6, 6.07) is 36.8. The molecule has 0 aliphatic heterocycles. The summed E-state index contributed by atoms with van der Waals surface area (Å²) < 4.78 is 7.14. The van der Waals surface area contributed by atoms with Crippen LogP contribution in [0.5, 0.6) is 0 Å². The molecule has 4 heteroatoms. The molecule has 0 radical (unpaired) electrons. The molecule has 0 saturated carbocycles. The number of benzene rings is 3. The van der Waals surface area contributed by atoms with Crippen molar-refractivity contribution in [3.8, 4) is 0 Å². The third-order valence-electron chi connectivity index (χ3n) is 4.60. The van der Waals surface area contributed by atoms with Gasteiger partial charge in [-0.3, -0.25) is 0 Å². The summed E-state index contributed by atoms with van der Waals surface area (Å²) in [6.45, 7) is 0. The van der Waals surface area contributed by atoms with Crippen LogP contribution in [0.15, 0.2) is 116 Å². The maximum atomic E-state index is 5.90. The summed E-state index contributed by atoms with van der Waals surface area (Å²) in [5, 5.41) is 0. The van der Waals surface area contributed by atoms with Gasteiger partial charge in [-0.2, -0.15) is 0 Å². The third kappa shape index (κ3) is 3.68. The van der Waals surface area contributed by atoms with Crippen molar-refractivity contribution >= 4 is 51.9 Å². The molecule has 132 valence electrons. The minimum atomic E-state index is -3.08. The van der Waals surface area contributed by atoms with Gasteiger partial charge >= 0.3 is 172 Å². The van der Waals surface area contributed by atoms with E-state index in [2.05, 4.69) is 95.6 Å². The van der Waals surface area contributed by atoms with Crippen molar-refractivity contribution in [1.82, 2.24) is 4.57 Å². The molecule has 0 saturated heterocycles. The number of thiocarbonyl (C=S) groups is 1. The fourth-order valence-electron chi connectivity index (χ4n) is 3.34. The van der Waals surface area contributed by atoms with Crippen LogP contribution in [-0.2, 0) is 0 Å². The van der Waals surface area contributed by atoms with E-state index in [0.717, 1.165) is 4.32 Å². The van der Waals surface area contributed by atoms with Crippen LogP contribution in [0.4, 0.5) is 0 Å². The Kier molecular flexibility index (Phi) is 5.62. The van der Waals surface area contributed by atoms with Gasteiger partial charge in [0.2, 0.25) is 0 Å². The van der Waals surface area contributed by atoms with Crippen molar-refractivity contribution < 1.29 is 0 Å². The van der Waals surface area contributed by atoms with E-state index in [0.29, 0.717) is 0 Å². The number of hydrogen-bond acceptors (Lipinski definition) is 2. The predicted molar refractivity (Wildman–Crippen MR) is 124 cm³/mol. The molecular formula is C23H19GeNS2. The summed E-state index contributed by atoms with van der Waals surface area (Å²) in [5.41, 5.74) is 0. The molecule has 0 atom stereocenters. The summed E-state index contributed by atoms with van der Waals surface area (Å²) in [5.74, 6) is 0. The van der Waals surface area contributed by atoms with Crippen molar-refractivity contribution in [1.29, 1.82) is 0 Å². The molecule has 0 bridgehead atoms. The summed E-state index contributed by atoms with van der Waals surface area (Å²) in [4.78, 5) is 0. The van der Waals surface area contributed by atoms with Crippen molar-refractivity contribution in [2.24, 2.45) is 0 Å². The zero-order chi connectivity index (χ0) is 18.5. The molecule has 1 aromatic heterocycles. The van der Waals surface area contributed by atoms with Gasteiger partial charge in [0.25, 0.3) is 0 Å². The molecule has 27 heavy (non-hydrogen) atoms. The first kappa shape index (κ1) is 18.3. The molecule has 4 rings (SSSR count). The Labute approximate surface area is 171 Å². The van der Waals surface area contributed by atoms with E-state index < -0.39 is 12.1 Å². The van der Waals surface area contributed by atoms with E-state index in [-0.39, 0.29) is 0 Å². The van der Waals surface area contributed by atoms with Crippen molar-refractivity contribution in [3.05, 3.63) is 116 Å². The molecule has 0 fully saturated rings. The monoisotopic (exact) mass is 447 g/mol. The molecule has 0 unspecified atom stereocenters. The second-order valence-corrected chi connectivity index (χ2v) is 18.4. The van der Waals surface area contributed by atoms with E-state index in [1.54, 1.807) is 0 Å². The third-order valence-corrected chi connectivity index (χ3v) is 20.7. The van der Waals surface area contributed by atoms with Crippen LogP contribution in [0.2, 0.25) is 0 Å². The Morgan fingerprint density at radius 3 is 1.33 bits per heavy atom. The maximum absolute atomic E-state index is 5.90. The average molecular weight is 446 g/mol. The van der Waals surface area contributed by atoms with Crippen LogP contribution in [0.25, 0.3) is 0 Å². The summed E-state index contributed by atoms with van der Waals surface area (Å²) >= 11 is 2.82. The number of hydrogen-bond donors (Lipinski definition) is 0. The Balaban J connectivity index is 1.96. The van der Waals surface area contributed by atoms with E-state index in [4.69, 9.17) is 12.2 Å². The Bertz CT molecular complexity index is 904. The normalized spacial score (nSPS) is 11.3. The fraction of sp³-hybridized carbons (Fsp3) is 0. The number of rotatable bonds is 4. The second kappa shape index (κ2) is 8.30. The van der Waals surface area contributed by atoms with Crippen LogP contribution in [0, 0.1) is 0 Å². The van der Waals surface area contributed by atoms with Gasteiger partial charge in [-0.1, -0.05) is 0 Å². The van der Waals surface area contributed by atoms with Crippen LogP contribution in [0.1, 0.15) is 0 Å². The zero-order valence-electron chi connectivity index (χ0n) is 14.7. The van der Waals surface area contributed by atoms with Gasteiger partial charge in [0.05, 0.1) is 0 Å². The van der Waals surface area contributed by atoms with Gasteiger partial charge < -0.3 is 0 Å². The van der Waals surface area contributed by atoms with Crippen LogP contribution in [-0.4, -0.2) is 21.0 Å². The van der Waals surface area contributed by atoms with Crippen LogP contribution >= 0.6 is 22.3 Å². The molecule has 1 nitrogen and oxygen atoms in total. The summed E-state index contributed by atoms with van der Waals surface area (Å²) in [7, 11) is 1.89. The first-order valence-corrected chi connectivity index (χ1v) is 15.8. The molecular weight excluding hydrogens is 427 g/mol. The van der Waals surface area contributed by atoms with Gasteiger partial charge in [0.1, 0.15) is 0 Å². The SMILES string of the molecule is S=C([S][Ge]([c]1ccccc1)([c]1ccccc1)[c]1ccccc1)n1cccc1. The van der Waals surface area contributed by atoms with Crippen molar-refractivity contribution in [2.75, 3.05) is 0 Å². The van der Waals surface area contributed by atoms with Gasteiger partial charge in [-0.25, -0.2) is 0 Å². The van der Waals surface area contributed by atoms with E-state index in [9.17, 15) is 0 Å². The molecule has 0 aliphatic rings. The minimum absolute atomic E-state index is 0.900. The van der Waals surface area contributed by atoms with Gasteiger partial charge in [-0.05, 0) is 0 Å². The van der Waals surface area contributed by atoms with Crippen molar-refractivity contribution in [3.63, 3.8) is 0 Å². The van der Waals surface area contributed by atoms with Crippen LogP contribution in [0.3, 0.4) is 0 Å². The molecule has 1 heterocycles. The standard InChI is InChI=1S/C23H19GeNS2/c26-23(25-18-10-11-19-25)27-24(20-12-4-1-5-13-20,21-14-6-2-7-15-21)22-16-8-3-9-17-22/h1-19H. The van der Waals surface area contributed by atoms with Gasteiger partial charge in [-0.15, -0.1) is 0 Å². The van der Waals surface area contributed by atoms with Gasteiger partial charge in [0.15, 0.2) is 0 Å². The first-order chi connectivity index (χ1) is 13.3. The molecule has 4 aromatic rings. The molecule has 0 aliphatic carbocycles. The molecule has 3 aromatic carbocycles. The average Bonchev–Trinajstić information content (AvgIpc) is 3.29. The van der Waals surface area contributed by atoms with E-state index in [1.807, 2.05) is 34.6 Å². The molecule has 0 spiro atoms. The number of nitrogens with zero attached hydrogens (tertiary/aromatic N) is 1. The van der Waals surface area contributed by atoms with Crippen LogP contribution < -0.4 is 13.2 Å².